The summed E-state index contributed by atoms with van der Waals surface area (Å²) in [5.41, 5.74) is 3.70. The lowest BCUT2D eigenvalue weighted by molar-refractivity contribution is -0.113. The van der Waals surface area contributed by atoms with Crippen molar-refractivity contribution in [1.29, 1.82) is 0 Å². The summed E-state index contributed by atoms with van der Waals surface area (Å²) in [5.74, 6) is 0.721. The van der Waals surface area contributed by atoms with Gasteiger partial charge in [0.2, 0.25) is 11.1 Å². The number of nitrogens with one attached hydrogen (secondary N) is 1. The lowest BCUT2D eigenvalue weighted by Gasteiger charge is -2.09. The van der Waals surface area contributed by atoms with Gasteiger partial charge >= 0.3 is 0 Å². The number of ether oxygens (including phenoxy) is 1. The number of halogens is 1. The maximum atomic E-state index is 12.4. The van der Waals surface area contributed by atoms with Gasteiger partial charge in [0, 0.05) is 16.3 Å². The zero-order valence-corrected chi connectivity index (χ0v) is 17.9. The van der Waals surface area contributed by atoms with E-state index < -0.39 is 0 Å². The molecule has 0 saturated carbocycles. The Labute approximate surface area is 182 Å². The van der Waals surface area contributed by atoms with Crippen molar-refractivity contribution in [3.05, 3.63) is 65.2 Å². The zero-order valence-electron chi connectivity index (χ0n) is 16.3. The minimum atomic E-state index is -0.164. The highest BCUT2D eigenvalue weighted by atomic mass is 35.5. The lowest BCUT2D eigenvalue weighted by atomic mass is 10.1. The van der Waals surface area contributed by atoms with Crippen LogP contribution in [0.25, 0.3) is 16.9 Å². The second kappa shape index (κ2) is 8.73. The van der Waals surface area contributed by atoms with Crippen LogP contribution in [0.5, 0.6) is 5.75 Å². The summed E-state index contributed by atoms with van der Waals surface area (Å²) in [7, 11) is 1.62. The van der Waals surface area contributed by atoms with Gasteiger partial charge in [0.15, 0.2) is 5.65 Å². The SMILES string of the molecule is COc1ccccc1-c1ccc2nnc(SCC(=O)Nc3cccc(Cl)c3C)n2n1. The summed E-state index contributed by atoms with van der Waals surface area (Å²) < 4.78 is 7.06. The largest absolute Gasteiger partial charge is 0.496 e. The molecule has 0 spiro atoms. The van der Waals surface area contributed by atoms with E-state index in [-0.39, 0.29) is 11.7 Å². The highest BCUT2D eigenvalue weighted by Gasteiger charge is 2.14. The average Bonchev–Trinajstić information content (AvgIpc) is 3.17. The summed E-state index contributed by atoms with van der Waals surface area (Å²) in [6.45, 7) is 1.86. The molecule has 7 nitrogen and oxygen atoms in total. The summed E-state index contributed by atoms with van der Waals surface area (Å²) in [6, 6.07) is 16.7. The highest BCUT2D eigenvalue weighted by molar-refractivity contribution is 7.99. The number of fused-ring (bicyclic) bond motifs is 1. The number of amides is 1. The van der Waals surface area contributed by atoms with Crippen molar-refractivity contribution < 1.29 is 9.53 Å². The molecule has 0 radical (unpaired) electrons. The molecule has 0 unspecified atom stereocenters. The van der Waals surface area contributed by atoms with Crippen molar-refractivity contribution in [3.8, 4) is 17.0 Å². The highest BCUT2D eigenvalue weighted by Crippen LogP contribution is 2.29. The smallest absolute Gasteiger partial charge is 0.234 e. The molecule has 1 N–H and O–H groups in total. The van der Waals surface area contributed by atoms with E-state index in [9.17, 15) is 4.79 Å². The van der Waals surface area contributed by atoms with Crippen molar-refractivity contribution in [2.24, 2.45) is 0 Å². The molecule has 2 aromatic heterocycles. The molecule has 0 fully saturated rings. The number of para-hydroxylation sites is 1. The van der Waals surface area contributed by atoms with E-state index in [1.807, 2.05) is 49.4 Å². The topological polar surface area (TPSA) is 81.4 Å². The molecule has 4 rings (SSSR count). The Morgan fingerprint density at radius 1 is 1.13 bits per heavy atom. The van der Waals surface area contributed by atoms with Crippen LogP contribution < -0.4 is 10.1 Å². The first kappa shape index (κ1) is 20.2. The summed E-state index contributed by atoms with van der Waals surface area (Å²) in [5, 5.41) is 17.0. The van der Waals surface area contributed by atoms with Crippen LogP contribution in [0.4, 0.5) is 5.69 Å². The Kier molecular flexibility index (Phi) is 5.87. The van der Waals surface area contributed by atoms with Gasteiger partial charge in [-0.05, 0) is 48.9 Å². The maximum Gasteiger partial charge on any atom is 0.234 e. The molecule has 2 aromatic carbocycles. The van der Waals surface area contributed by atoms with Crippen LogP contribution in [0, 0.1) is 6.92 Å². The van der Waals surface area contributed by atoms with E-state index in [4.69, 9.17) is 16.3 Å². The van der Waals surface area contributed by atoms with Crippen molar-refractivity contribution in [1.82, 2.24) is 19.8 Å². The third kappa shape index (κ3) is 4.10. The van der Waals surface area contributed by atoms with Gasteiger partial charge in [0.1, 0.15) is 5.75 Å². The van der Waals surface area contributed by atoms with Crippen molar-refractivity contribution in [2.75, 3.05) is 18.2 Å². The summed E-state index contributed by atoms with van der Waals surface area (Å²) in [6.07, 6.45) is 0. The molecule has 30 heavy (non-hydrogen) atoms. The number of carbonyl (C=O) groups excluding carboxylic acids is 1. The van der Waals surface area contributed by atoms with Gasteiger partial charge in [-0.2, -0.15) is 9.61 Å². The number of benzene rings is 2. The first-order valence-corrected chi connectivity index (χ1v) is 10.5. The predicted octanol–water partition coefficient (Wildman–Crippen LogP) is 4.49. The fourth-order valence-electron chi connectivity index (χ4n) is 2.92. The molecule has 4 aromatic rings. The normalized spacial score (nSPS) is 10.9. The monoisotopic (exact) mass is 439 g/mol. The van der Waals surface area contributed by atoms with Gasteiger partial charge in [-0.1, -0.05) is 41.6 Å². The fourth-order valence-corrected chi connectivity index (χ4v) is 3.78. The predicted molar refractivity (Wildman–Crippen MR) is 118 cm³/mol. The minimum absolute atomic E-state index is 0.160. The van der Waals surface area contributed by atoms with Crippen LogP contribution >= 0.6 is 23.4 Å². The fraction of sp³-hybridized carbons (Fsp3) is 0.143. The van der Waals surface area contributed by atoms with Crippen LogP contribution in [0.1, 0.15) is 5.56 Å². The van der Waals surface area contributed by atoms with Crippen LogP contribution in [-0.4, -0.2) is 38.6 Å². The standard InChI is InChI=1S/C21H18ClN5O2S/c1-13-15(22)7-5-8-16(13)23-20(28)12-30-21-25-24-19-11-10-17(26-27(19)21)14-6-3-4-9-18(14)29-2/h3-11H,12H2,1-2H3,(H,23,28). The van der Waals surface area contributed by atoms with Gasteiger partial charge in [-0.3, -0.25) is 4.79 Å². The lowest BCUT2D eigenvalue weighted by Crippen LogP contribution is -2.15. The first-order valence-electron chi connectivity index (χ1n) is 9.10. The maximum absolute atomic E-state index is 12.4. The number of anilines is 1. The van der Waals surface area contributed by atoms with E-state index >= 15 is 0 Å². The number of methoxy groups -OCH3 is 1. The van der Waals surface area contributed by atoms with Crippen LogP contribution in [0.15, 0.2) is 59.8 Å². The molecular formula is C21H18ClN5O2S. The molecule has 0 aliphatic rings. The molecule has 9 heteroatoms. The van der Waals surface area contributed by atoms with Gasteiger partial charge in [-0.25, -0.2) is 0 Å². The number of aromatic nitrogens is 4. The number of rotatable bonds is 6. The van der Waals surface area contributed by atoms with Crippen molar-refractivity contribution in [2.45, 2.75) is 12.1 Å². The minimum Gasteiger partial charge on any atom is -0.496 e. The number of hydrogen-bond acceptors (Lipinski definition) is 6. The van der Waals surface area contributed by atoms with E-state index in [0.29, 0.717) is 21.5 Å². The third-order valence-electron chi connectivity index (χ3n) is 4.49. The van der Waals surface area contributed by atoms with Gasteiger partial charge in [0.05, 0.1) is 18.6 Å². The van der Waals surface area contributed by atoms with Gasteiger partial charge < -0.3 is 10.1 Å². The van der Waals surface area contributed by atoms with E-state index in [2.05, 4.69) is 20.6 Å². The Balaban J connectivity index is 1.53. The number of hydrogen-bond donors (Lipinski definition) is 1. The molecule has 0 bridgehead atoms. The molecule has 0 saturated heterocycles. The van der Waals surface area contributed by atoms with Crippen LogP contribution in [0.3, 0.4) is 0 Å². The van der Waals surface area contributed by atoms with E-state index in [1.54, 1.807) is 23.8 Å². The van der Waals surface area contributed by atoms with Crippen LogP contribution in [0.2, 0.25) is 5.02 Å². The summed E-state index contributed by atoms with van der Waals surface area (Å²) in [4.78, 5) is 12.4. The Morgan fingerprint density at radius 2 is 1.97 bits per heavy atom. The van der Waals surface area contributed by atoms with Crippen molar-refractivity contribution in [3.63, 3.8) is 0 Å². The number of carbonyl (C=O) groups is 1. The van der Waals surface area contributed by atoms with Gasteiger partial charge in [-0.15, -0.1) is 10.2 Å². The van der Waals surface area contributed by atoms with E-state index in [1.165, 1.54) is 11.8 Å². The van der Waals surface area contributed by atoms with Gasteiger partial charge in [0.25, 0.3) is 0 Å². The molecule has 0 atom stereocenters. The Bertz CT molecular complexity index is 1230. The van der Waals surface area contributed by atoms with E-state index in [0.717, 1.165) is 22.6 Å². The molecular weight excluding hydrogens is 422 g/mol. The second-order valence-electron chi connectivity index (χ2n) is 6.42. The third-order valence-corrected chi connectivity index (χ3v) is 5.82. The molecule has 0 aliphatic carbocycles. The van der Waals surface area contributed by atoms with Crippen molar-refractivity contribution >= 4 is 40.6 Å². The number of thioether (sulfide) groups is 1. The second-order valence-corrected chi connectivity index (χ2v) is 7.77. The Morgan fingerprint density at radius 3 is 2.80 bits per heavy atom. The molecule has 0 aliphatic heterocycles. The molecule has 2 heterocycles. The first-order chi connectivity index (χ1) is 14.6. The Hall–Kier alpha value is -3.10. The van der Waals surface area contributed by atoms with Crippen LogP contribution in [-0.2, 0) is 4.79 Å². The zero-order chi connectivity index (χ0) is 21.1. The molecule has 152 valence electrons. The molecule has 1 amide bonds. The summed E-state index contributed by atoms with van der Waals surface area (Å²) >= 11 is 7.37. The number of nitrogens with zero attached hydrogens (tertiary/aromatic N) is 4. The quantitative estimate of drug-likeness (QED) is 0.446. The average molecular weight is 440 g/mol.